The molecule has 1 aliphatic rings. The molecule has 2 N–H and O–H groups in total. The van der Waals surface area contributed by atoms with Crippen LogP contribution in [0.4, 0.5) is 0 Å². The van der Waals surface area contributed by atoms with E-state index in [1.54, 1.807) is 17.4 Å². The van der Waals surface area contributed by atoms with Gasteiger partial charge >= 0.3 is 0 Å². The van der Waals surface area contributed by atoms with Crippen molar-refractivity contribution in [1.82, 2.24) is 4.31 Å². The van der Waals surface area contributed by atoms with Crippen LogP contribution in [-0.2, 0) is 16.6 Å². The number of rotatable bonds is 4. The van der Waals surface area contributed by atoms with E-state index in [-0.39, 0.29) is 6.04 Å². The highest BCUT2D eigenvalue weighted by molar-refractivity contribution is 7.91. The molecule has 0 aromatic carbocycles. The topological polar surface area (TPSA) is 63.4 Å². The molecule has 0 spiro atoms. The maximum Gasteiger partial charge on any atom is 0.252 e. The molecule has 0 aliphatic heterocycles. The van der Waals surface area contributed by atoms with Crippen molar-refractivity contribution in [3.63, 3.8) is 0 Å². The van der Waals surface area contributed by atoms with Gasteiger partial charge in [0.1, 0.15) is 4.21 Å². The second-order valence-electron chi connectivity index (χ2n) is 5.73. The van der Waals surface area contributed by atoms with E-state index >= 15 is 0 Å². The van der Waals surface area contributed by atoms with Gasteiger partial charge in [-0.1, -0.05) is 19.8 Å². The monoisotopic (exact) mass is 316 g/mol. The van der Waals surface area contributed by atoms with Crippen molar-refractivity contribution >= 4 is 21.4 Å². The van der Waals surface area contributed by atoms with Crippen molar-refractivity contribution in [2.45, 2.75) is 56.3 Å². The van der Waals surface area contributed by atoms with Gasteiger partial charge in [-0.3, -0.25) is 0 Å². The molecule has 2 atom stereocenters. The van der Waals surface area contributed by atoms with Crippen molar-refractivity contribution in [3.8, 4) is 0 Å². The zero-order valence-electron chi connectivity index (χ0n) is 12.4. The molecule has 1 saturated carbocycles. The van der Waals surface area contributed by atoms with Crippen LogP contribution in [0.2, 0.25) is 0 Å². The highest BCUT2D eigenvalue weighted by Gasteiger charge is 2.34. The highest BCUT2D eigenvalue weighted by Crippen LogP contribution is 2.33. The molecular formula is C14H24N2O2S2. The van der Waals surface area contributed by atoms with E-state index in [1.165, 1.54) is 17.8 Å². The van der Waals surface area contributed by atoms with E-state index in [9.17, 15) is 8.42 Å². The lowest BCUT2D eigenvalue weighted by atomic mass is 9.86. The fourth-order valence-corrected chi connectivity index (χ4v) is 6.11. The fourth-order valence-electron chi connectivity index (χ4n) is 2.98. The van der Waals surface area contributed by atoms with Gasteiger partial charge in [0.25, 0.3) is 10.0 Å². The normalized spacial score (nSPS) is 24.2. The van der Waals surface area contributed by atoms with Crippen molar-refractivity contribution in [2.75, 3.05) is 7.05 Å². The Morgan fingerprint density at radius 2 is 2.05 bits per heavy atom. The van der Waals surface area contributed by atoms with Crippen molar-refractivity contribution in [1.29, 1.82) is 0 Å². The molecule has 1 fully saturated rings. The Hall–Kier alpha value is -0.430. The number of aryl methyl sites for hydroxylation is 1. The number of hydrogen-bond donors (Lipinski definition) is 1. The minimum absolute atomic E-state index is 0.123. The van der Waals surface area contributed by atoms with E-state index in [2.05, 4.69) is 6.92 Å². The zero-order chi connectivity index (χ0) is 14.9. The van der Waals surface area contributed by atoms with E-state index in [4.69, 9.17) is 5.73 Å². The number of nitrogens with two attached hydrogens (primary N) is 1. The van der Waals surface area contributed by atoms with Gasteiger partial charge in [-0.2, -0.15) is 4.31 Å². The Morgan fingerprint density at radius 1 is 1.40 bits per heavy atom. The van der Waals surface area contributed by atoms with Crippen molar-refractivity contribution < 1.29 is 8.42 Å². The number of hydrogen-bond acceptors (Lipinski definition) is 4. The molecule has 1 aromatic heterocycles. The molecular weight excluding hydrogens is 292 g/mol. The summed E-state index contributed by atoms with van der Waals surface area (Å²) in [4.78, 5) is 0.952. The highest BCUT2D eigenvalue weighted by atomic mass is 32.2. The largest absolute Gasteiger partial charge is 0.326 e. The Balaban J connectivity index is 2.28. The standard InChI is InChI=1S/C14H24N2O2S2/c1-10-6-4-5-7-12(10)16(3)20(17,18)14-8-11(2)13(9-15)19-14/h8,10,12H,4-7,9,15H2,1-3H3. The molecule has 0 amide bonds. The Kier molecular flexibility index (Phi) is 4.89. The Morgan fingerprint density at radius 3 is 2.60 bits per heavy atom. The summed E-state index contributed by atoms with van der Waals surface area (Å²) in [6, 6.07) is 1.88. The van der Waals surface area contributed by atoms with Crippen molar-refractivity contribution in [2.24, 2.45) is 11.7 Å². The lowest BCUT2D eigenvalue weighted by Gasteiger charge is -2.35. The molecule has 6 heteroatoms. The molecule has 4 nitrogen and oxygen atoms in total. The van der Waals surface area contributed by atoms with Gasteiger partial charge in [-0.05, 0) is 37.3 Å². The number of sulfonamides is 1. The lowest BCUT2D eigenvalue weighted by molar-refractivity contribution is 0.213. The minimum Gasteiger partial charge on any atom is -0.326 e. The Labute approximate surface area is 126 Å². The molecule has 0 saturated heterocycles. The first-order valence-corrected chi connectivity index (χ1v) is 9.41. The van der Waals surface area contributed by atoms with E-state index in [1.807, 2.05) is 6.92 Å². The summed E-state index contributed by atoms with van der Waals surface area (Å²) in [7, 11) is -1.67. The van der Waals surface area contributed by atoms with Crippen LogP contribution in [0.15, 0.2) is 10.3 Å². The summed E-state index contributed by atoms with van der Waals surface area (Å²) in [5, 5.41) is 0. The first-order valence-electron chi connectivity index (χ1n) is 7.15. The maximum atomic E-state index is 12.8. The van der Waals surface area contributed by atoms with Crippen LogP contribution < -0.4 is 5.73 Å². The van der Waals surface area contributed by atoms with Crippen LogP contribution in [0.5, 0.6) is 0 Å². The summed E-state index contributed by atoms with van der Waals surface area (Å²) >= 11 is 1.31. The summed E-state index contributed by atoms with van der Waals surface area (Å²) in [6.07, 6.45) is 4.40. The first kappa shape index (κ1) is 15.9. The van der Waals surface area contributed by atoms with Crippen LogP contribution in [-0.4, -0.2) is 25.8 Å². The molecule has 1 aliphatic carbocycles. The fraction of sp³-hybridized carbons (Fsp3) is 0.714. The van der Waals surface area contributed by atoms with Crippen LogP contribution in [0.1, 0.15) is 43.0 Å². The predicted molar refractivity (Wildman–Crippen MR) is 83.3 cm³/mol. The van der Waals surface area contributed by atoms with E-state index < -0.39 is 10.0 Å². The smallest absolute Gasteiger partial charge is 0.252 e. The SMILES string of the molecule is Cc1cc(S(=O)(=O)N(C)C2CCCCC2C)sc1CN. The van der Waals surface area contributed by atoms with Gasteiger partial charge in [0.05, 0.1) is 0 Å². The van der Waals surface area contributed by atoms with E-state index in [0.717, 1.165) is 29.7 Å². The molecule has 0 bridgehead atoms. The van der Waals surface area contributed by atoms with Crippen LogP contribution >= 0.6 is 11.3 Å². The minimum atomic E-state index is -3.39. The number of thiophene rings is 1. The molecule has 0 radical (unpaired) electrons. The van der Waals surface area contributed by atoms with E-state index in [0.29, 0.717) is 16.7 Å². The van der Waals surface area contributed by atoms with Crippen LogP contribution in [0, 0.1) is 12.8 Å². The second kappa shape index (κ2) is 6.13. The van der Waals surface area contributed by atoms with Gasteiger partial charge in [0.15, 0.2) is 0 Å². The van der Waals surface area contributed by atoms with Gasteiger partial charge in [0.2, 0.25) is 0 Å². The van der Waals surface area contributed by atoms with Crippen molar-refractivity contribution in [3.05, 3.63) is 16.5 Å². The summed E-state index contributed by atoms with van der Waals surface area (Å²) in [5.74, 6) is 0.429. The molecule has 20 heavy (non-hydrogen) atoms. The third-order valence-electron chi connectivity index (χ3n) is 4.35. The van der Waals surface area contributed by atoms with Gasteiger partial charge in [0, 0.05) is 24.5 Å². The molecule has 114 valence electrons. The number of nitrogens with zero attached hydrogens (tertiary/aromatic N) is 1. The summed E-state index contributed by atoms with van der Waals surface area (Å²) < 4.78 is 27.5. The van der Waals surface area contributed by atoms with Crippen LogP contribution in [0.25, 0.3) is 0 Å². The summed E-state index contributed by atoms with van der Waals surface area (Å²) in [5.41, 5.74) is 6.62. The molecule has 2 unspecified atom stereocenters. The first-order chi connectivity index (χ1) is 9.37. The molecule has 1 aromatic rings. The summed E-state index contributed by atoms with van der Waals surface area (Å²) in [6.45, 7) is 4.47. The van der Waals surface area contributed by atoms with Gasteiger partial charge in [-0.15, -0.1) is 11.3 Å². The predicted octanol–water partition coefficient (Wildman–Crippen LogP) is 2.71. The maximum absolute atomic E-state index is 12.8. The van der Waals surface area contributed by atoms with Gasteiger partial charge in [-0.25, -0.2) is 8.42 Å². The third kappa shape index (κ3) is 2.93. The third-order valence-corrected chi connectivity index (χ3v) is 7.94. The second-order valence-corrected chi connectivity index (χ2v) is 9.09. The quantitative estimate of drug-likeness (QED) is 0.929. The zero-order valence-corrected chi connectivity index (χ0v) is 14.1. The average molecular weight is 316 g/mol. The van der Waals surface area contributed by atoms with Crippen LogP contribution in [0.3, 0.4) is 0 Å². The average Bonchev–Trinajstić information content (AvgIpc) is 2.80. The van der Waals surface area contributed by atoms with Gasteiger partial charge < -0.3 is 5.73 Å². The molecule has 1 heterocycles. The Bertz CT molecular complexity index is 566. The lowest BCUT2D eigenvalue weighted by Crippen LogP contribution is -2.42. The molecule has 2 rings (SSSR count).